The molecule has 0 aromatic carbocycles. The van der Waals surface area contributed by atoms with Crippen molar-refractivity contribution in [1.29, 1.82) is 0 Å². The van der Waals surface area contributed by atoms with Gasteiger partial charge >= 0.3 is 5.97 Å². The second-order valence-corrected chi connectivity index (χ2v) is 3.48. The Morgan fingerprint density at radius 3 is 2.23 bits per heavy atom. The van der Waals surface area contributed by atoms with Gasteiger partial charge in [0.25, 0.3) is 0 Å². The molecule has 0 aliphatic heterocycles. The molecular weight excluding hydrogens is 174 g/mol. The molecule has 13 heavy (non-hydrogen) atoms. The Balaban J connectivity index is 3.81. The Hall–Kier alpha value is -1.10. The van der Waals surface area contributed by atoms with Crippen LogP contribution in [0.15, 0.2) is 0 Å². The van der Waals surface area contributed by atoms with E-state index in [-0.39, 0.29) is 25.4 Å². The van der Waals surface area contributed by atoms with E-state index in [4.69, 9.17) is 10.2 Å². The fourth-order valence-electron chi connectivity index (χ4n) is 0.700. The van der Waals surface area contributed by atoms with Gasteiger partial charge in [-0.25, -0.2) is 0 Å². The zero-order valence-electron chi connectivity index (χ0n) is 7.83. The number of hydrogen-bond acceptors (Lipinski definition) is 3. The zero-order valence-corrected chi connectivity index (χ0v) is 7.83. The minimum Gasteiger partial charge on any atom is -0.481 e. The molecule has 0 saturated carbocycles. The number of carboxylic acids is 1. The number of nitrogens with one attached hydrogen (secondary N) is 1. The summed E-state index contributed by atoms with van der Waals surface area (Å²) >= 11 is 0. The normalized spacial score (nSPS) is 11.0. The van der Waals surface area contributed by atoms with Gasteiger partial charge in [-0.05, 0) is 13.8 Å². The van der Waals surface area contributed by atoms with Crippen LogP contribution in [-0.4, -0.2) is 34.2 Å². The number of aliphatic carboxylic acids is 1. The summed E-state index contributed by atoms with van der Waals surface area (Å²) in [5, 5.41) is 19.6. The third-order valence-electron chi connectivity index (χ3n) is 1.44. The van der Waals surface area contributed by atoms with Gasteiger partial charge in [-0.1, -0.05) is 0 Å². The van der Waals surface area contributed by atoms with Crippen molar-refractivity contribution < 1.29 is 19.8 Å². The van der Waals surface area contributed by atoms with Crippen molar-refractivity contribution in [2.75, 3.05) is 6.61 Å². The van der Waals surface area contributed by atoms with Crippen LogP contribution in [0.3, 0.4) is 0 Å². The van der Waals surface area contributed by atoms with Crippen LogP contribution in [0.4, 0.5) is 0 Å². The van der Waals surface area contributed by atoms with Crippen LogP contribution in [0.1, 0.15) is 26.7 Å². The Labute approximate surface area is 76.8 Å². The summed E-state index contributed by atoms with van der Waals surface area (Å²) in [6.45, 7) is 3.14. The standard InChI is InChI=1S/C8H15NO4/c1-8(2,5-10)9-6(11)3-4-7(12)13/h10H,3-5H2,1-2H3,(H,9,11)(H,12,13). The summed E-state index contributed by atoms with van der Waals surface area (Å²) in [5.41, 5.74) is -0.685. The predicted octanol–water partition coefficient (Wildman–Crippen LogP) is -0.262. The van der Waals surface area contributed by atoms with Crippen LogP contribution in [0.25, 0.3) is 0 Å². The largest absolute Gasteiger partial charge is 0.481 e. The summed E-state index contributed by atoms with van der Waals surface area (Å²) in [6.07, 6.45) is -0.244. The molecule has 76 valence electrons. The first-order valence-corrected chi connectivity index (χ1v) is 4.01. The van der Waals surface area contributed by atoms with Gasteiger partial charge in [0.2, 0.25) is 5.91 Å². The molecule has 0 aliphatic carbocycles. The SMILES string of the molecule is CC(C)(CO)NC(=O)CCC(=O)O. The molecule has 0 aliphatic rings. The first-order chi connectivity index (χ1) is 5.87. The van der Waals surface area contributed by atoms with E-state index in [1.54, 1.807) is 13.8 Å². The molecule has 0 bridgehead atoms. The molecule has 0 atom stereocenters. The van der Waals surface area contributed by atoms with Gasteiger partial charge in [0.15, 0.2) is 0 Å². The number of hydrogen-bond donors (Lipinski definition) is 3. The number of carbonyl (C=O) groups is 2. The van der Waals surface area contributed by atoms with E-state index in [1.165, 1.54) is 0 Å². The van der Waals surface area contributed by atoms with Gasteiger partial charge in [-0.3, -0.25) is 9.59 Å². The summed E-state index contributed by atoms with van der Waals surface area (Å²) in [6, 6.07) is 0. The smallest absolute Gasteiger partial charge is 0.303 e. The highest BCUT2D eigenvalue weighted by atomic mass is 16.4. The third-order valence-corrected chi connectivity index (χ3v) is 1.44. The van der Waals surface area contributed by atoms with Gasteiger partial charge in [0.1, 0.15) is 0 Å². The Kier molecular flexibility index (Phi) is 4.40. The first kappa shape index (κ1) is 11.9. The van der Waals surface area contributed by atoms with Crippen molar-refractivity contribution in [2.45, 2.75) is 32.2 Å². The first-order valence-electron chi connectivity index (χ1n) is 4.01. The lowest BCUT2D eigenvalue weighted by Crippen LogP contribution is -2.46. The lowest BCUT2D eigenvalue weighted by molar-refractivity contribution is -0.139. The van der Waals surface area contributed by atoms with E-state index < -0.39 is 11.5 Å². The summed E-state index contributed by atoms with van der Waals surface area (Å²) < 4.78 is 0. The van der Waals surface area contributed by atoms with Crippen molar-refractivity contribution in [1.82, 2.24) is 5.32 Å². The monoisotopic (exact) mass is 189 g/mol. The molecule has 0 fully saturated rings. The maximum absolute atomic E-state index is 11.0. The van der Waals surface area contributed by atoms with Gasteiger partial charge in [0, 0.05) is 6.42 Å². The Bertz CT molecular complexity index is 200. The topological polar surface area (TPSA) is 86.6 Å². The third kappa shape index (κ3) is 6.10. The van der Waals surface area contributed by atoms with E-state index in [2.05, 4.69) is 5.32 Å². The molecule has 5 heteroatoms. The highest BCUT2D eigenvalue weighted by Gasteiger charge is 2.18. The highest BCUT2D eigenvalue weighted by molar-refractivity contribution is 5.81. The van der Waals surface area contributed by atoms with Crippen molar-refractivity contribution in [3.05, 3.63) is 0 Å². The molecule has 0 rings (SSSR count). The average molecular weight is 189 g/mol. The molecule has 1 amide bonds. The van der Waals surface area contributed by atoms with E-state index in [9.17, 15) is 9.59 Å². The maximum atomic E-state index is 11.0. The highest BCUT2D eigenvalue weighted by Crippen LogP contribution is 2.01. The Morgan fingerprint density at radius 2 is 1.85 bits per heavy atom. The van der Waals surface area contributed by atoms with Gasteiger partial charge in [0.05, 0.1) is 18.6 Å². The van der Waals surface area contributed by atoms with Crippen molar-refractivity contribution in [2.24, 2.45) is 0 Å². The van der Waals surface area contributed by atoms with E-state index in [0.717, 1.165) is 0 Å². The van der Waals surface area contributed by atoms with E-state index >= 15 is 0 Å². The van der Waals surface area contributed by atoms with Crippen LogP contribution in [-0.2, 0) is 9.59 Å². The minimum absolute atomic E-state index is 0.0568. The molecule has 3 N–H and O–H groups in total. The number of amides is 1. The fourth-order valence-corrected chi connectivity index (χ4v) is 0.700. The molecule has 5 nitrogen and oxygen atoms in total. The fraction of sp³-hybridized carbons (Fsp3) is 0.750. The van der Waals surface area contributed by atoms with Crippen molar-refractivity contribution in [3.8, 4) is 0 Å². The molecule has 0 spiro atoms. The number of carboxylic acid groups (broad SMARTS) is 1. The predicted molar refractivity (Wildman–Crippen MR) is 46.2 cm³/mol. The molecule has 0 saturated heterocycles. The van der Waals surface area contributed by atoms with Gasteiger partial charge in [-0.2, -0.15) is 0 Å². The molecule has 0 unspecified atom stereocenters. The molecule has 0 radical (unpaired) electrons. The van der Waals surface area contributed by atoms with Crippen molar-refractivity contribution in [3.63, 3.8) is 0 Å². The van der Waals surface area contributed by atoms with E-state index in [0.29, 0.717) is 0 Å². The second kappa shape index (κ2) is 4.81. The molecular formula is C8H15NO4. The number of carbonyl (C=O) groups excluding carboxylic acids is 1. The lowest BCUT2D eigenvalue weighted by Gasteiger charge is -2.23. The van der Waals surface area contributed by atoms with Crippen LogP contribution >= 0.6 is 0 Å². The zero-order chi connectivity index (χ0) is 10.5. The van der Waals surface area contributed by atoms with Crippen LogP contribution < -0.4 is 5.32 Å². The number of rotatable bonds is 5. The average Bonchev–Trinajstić information content (AvgIpc) is 2.00. The minimum atomic E-state index is -1.00. The summed E-state index contributed by atoms with van der Waals surface area (Å²) in [7, 11) is 0. The number of aliphatic hydroxyl groups excluding tert-OH is 1. The van der Waals surface area contributed by atoms with Crippen LogP contribution in [0, 0.1) is 0 Å². The van der Waals surface area contributed by atoms with Gasteiger partial charge in [-0.15, -0.1) is 0 Å². The quantitative estimate of drug-likeness (QED) is 0.556. The summed E-state index contributed by atoms with van der Waals surface area (Å²) in [5.74, 6) is -1.36. The Morgan fingerprint density at radius 1 is 1.31 bits per heavy atom. The van der Waals surface area contributed by atoms with Crippen molar-refractivity contribution >= 4 is 11.9 Å². The van der Waals surface area contributed by atoms with Gasteiger partial charge < -0.3 is 15.5 Å². The second-order valence-electron chi connectivity index (χ2n) is 3.48. The van der Waals surface area contributed by atoms with Crippen LogP contribution in [0.5, 0.6) is 0 Å². The lowest BCUT2D eigenvalue weighted by atomic mass is 10.1. The molecule has 0 heterocycles. The van der Waals surface area contributed by atoms with E-state index in [1.807, 2.05) is 0 Å². The molecule has 0 aromatic heterocycles. The maximum Gasteiger partial charge on any atom is 0.303 e. The number of aliphatic hydroxyl groups is 1. The molecule has 0 aromatic rings. The van der Waals surface area contributed by atoms with Crippen LogP contribution in [0.2, 0.25) is 0 Å². The summed E-state index contributed by atoms with van der Waals surface area (Å²) in [4.78, 5) is 21.1.